The molecular formula is C42H94O6Si4. The molecule has 2 N–H and O–H groups in total. The second kappa shape index (κ2) is 29.8. The van der Waals surface area contributed by atoms with Crippen LogP contribution in [-0.4, -0.2) is 107 Å². The minimum atomic E-state index is -1.28. The molecule has 0 spiro atoms. The van der Waals surface area contributed by atoms with E-state index in [1.165, 1.54) is 96.7 Å². The summed E-state index contributed by atoms with van der Waals surface area (Å²) >= 11 is 0. The van der Waals surface area contributed by atoms with Gasteiger partial charge in [0.1, 0.15) is 24.4 Å². The van der Waals surface area contributed by atoms with Crippen LogP contribution >= 0.6 is 0 Å². The molecule has 314 valence electrons. The van der Waals surface area contributed by atoms with Crippen molar-refractivity contribution in [3.63, 3.8) is 0 Å². The summed E-state index contributed by atoms with van der Waals surface area (Å²) in [6.45, 7) is 30.7. The molecule has 0 heterocycles. The minimum Gasteiger partial charge on any atom is -0.394 e. The van der Waals surface area contributed by atoms with Crippen molar-refractivity contribution in [2.75, 3.05) is 39.6 Å². The lowest BCUT2D eigenvalue weighted by atomic mass is 10.0. The van der Waals surface area contributed by atoms with Crippen molar-refractivity contribution >= 4 is 32.3 Å². The zero-order valence-electron chi connectivity index (χ0n) is 37.2. The predicted molar refractivity (Wildman–Crippen MR) is 240 cm³/mol. The Balaban J connectivity index is 6.37. The predicted octanol–water partition coefficient (Wildman–Crippen LogP) is 12.1. The van der Waals surface area contributed by atoms with Gasteiger partial charge in [0.05, 0.1) is 45.5 Å². The molecular weight excluding hydrogens is 713 g/mol. The highest BCUT2D eigenvalue weighted by Crippen LogP contribution is 2.31. The molecule has 0 aromatic heterocycles. The van der Waals surface area contributed by atoms with Crippen LogP contribution in [0.5, 0.6) is 0 Å². The van der Waals surface area contributed by atoms with E-state index in [0.29, 0.717) is 26.4 Å². The summed E-state index contributed by atoms with van der Waals surface area (Å²) in [6, 6.07) is 20.8. The van der Waals surface area contributed by atoms with E-state index < -0.39 is 56.7 Å². The van der Waals surface area contributed by atoms with E-state index in [1.807, 2.05) is 0 Å². The molecule has 0 radical (unpaired) electrons. The fraction of sp³-hybridized carbons (Fsp3) is 1.00. The molecule has 0 fully saturated rings. The smallest absolute Gasteiger partial charge is 0.115 e. The summed E-state index contributed by atoms with van der Waals surface area (Å²) in [5, 5.41) is 21.8. The number of aliphatic hydroxyl groups is 2. The quantitative estimate of drug-likeness (QED) is 0.0481. The topological polar surface area (TPSA) is 77.4 Å². The van der Waals surface area contributed by atoms with E-state index in [2.05, 4.69) is 83.1 Å². The molecule has 52 heavy (non-hydrogen) atoms. The van der Waals surface area contributed by atoms with E-state index in [0.717, 1.165) is 25.7 Å². The maximum absolute atomic E-state index is 10.9. The van der Waals surface area contributed by atoms with Crippen LogP contribution in [0.15, 0.2) is 0 Å². The van der Waals surface area contributed by atoms with Gasteiger partial charge < -0.3 is 29.2 Å². The van der Waals surface area contributed by atoms with Crippen molar-refractivity contribution in [3.8, 4) is 0 Å². The third-order valence-corrected chi connectivity index (χ3v) is 38.8. The van der Waals surface area contributed by atoms with Gasteiger partial charge in [-0.25, -0.2) is 0 Å². The van der Waals surface area contributed by atoms with Crippen LogP contribution in [0.3, 0.4) is 0 Å². The molecule has 0 bridgehead atoms. The van der Waals surface area contributed by atoms with Gasteiger partial charge in [-0.1, -0.05) is 180 Å². The Hall–Kier alpha value is 0.628. The Morgan fingerprint density at radius 3 is 0.692 bits per heavy atom. The lowest BCUT2D eigenvalue weighted by Crippen LogP contribution is -2.52. The maximum atomic E-state index is 10.9. The number of rotatable bonds is 37. The third-order valence-electron chi connectivity index (χ3n) is 15.1. The first-order valence-corrected chi connectivity index (χ1v) is 34.0. The van der Waals surface area contributed by atoms with E-state index in [4.69, 9.17) is 18.9 Å². The molecule has 6 nitrogen and oxygen atoms in total. The van der Waals surface area contributed by atoms with Crippen LogP contribution in [0.25, 0.3) is 0 Å². The summed E-state index contributed by atoms with van der Waals surface area (Å²) < 4.78 is 26.9. The fourth-order valence-corrected chi connectivity index (χ4v) is 23.0. The molecule has 0 aromatic carbocycles. The van der Waals surface area contributed by atoms with E-state index in [-0.39, 0.29) is 13.2 Å². The SMILES string of the molecule is CC[Si](CC)(CC)CCCOC(CO)C(OCCC[Si](CC)(CC)CC)C(OCCC[Si](CC)(CC)CC)C(CO)OCCC[Si](CC)(CC)CC. The largest absolute Gasteiger partial charge is 0.394 e. The average Bonchev–Trinajstić information content (AvgIpc) is 3.20. The number of hydrogen-bond donors (Lipinski definition) is 2. The van der Waals surface area contributed by atoms with Gasteiger partial charge in [0.2, 0.25) is 0 Å². The molecule has 4 atom stereocenters. The molecule has 0 aliphatic rings. The monoisotopic (exact) mass is 807 g/mol. The van der Waals surface area contributed by atoms with E-state index >= 15 is 0 Å². The molecule has 0 saturated carbocycles. The van der Waals surface area contributed by atoms with Crippen LogP contribution in [0.4, 0.5) is 0 Å². The lowest BCUT2D eigenvalue weighted by molar-refractivity contribution is -0.191. The van der Waals surface area contributed by atoms with Crippen molar-refractivity contribution in [2.45, 2.75) is 230 Å². The lowest BCUT2D eigenvalue weighted by Gasteiger charge is -2.37. The van der Waals surface area contributed by atoms with Crippen molar-refractivity contribution in [1.82, 2.24) is 0 Å². The highest BCUT2D eigenvalue weighted by Gasteiger charge is 2.39. The van der Waals surface area contributed by atoms with Crippen LogP contribution in [0.1, 0.15) is 109 Å². The molecule has 4 unspecified atom stereocenters. The third kappa shape index (κ3) is 17.4. The number of aliphatic hydroxyl groups excluding tert-OH is 2. The van der Waals surface area contributed by atoms with Gasteiger partial charge >= 0.3 is 0 Å². The van der Waals surface area contributed by atoms with Crippen LogP contribution in [0, 0.1) is 0 Å². The van der Waals surface area contributed by atoms with Crippen molar-refractivity contribution in [1.29, 1.82) is 0 Å². The van der Waals surface area contributed by atoms with Gasteiger partial charge in [-0.05, 0) is 25.7 Å². The van der Waals surface area contributed by atoms with Crippen molar-refractivity contribution in [3.05, 3.63) is 0 Å². The first-order valence-electron chi connectivity index (χ1n) is 22.7. The van der Waals surface area contributed by atoms with Gasteiger partial charge in [-0.15, -0.1) is 0 Å². The highest BCUT2D eigenvalue weighted by atomic mass is 28.3. The molecule has 0 amide bonds. The summed E-state index contributed by atoms with van der Waals surface area (Å²) in [7, 11) is -5.08. The normalized spacial score (nSPS) is 15.6. The van der Waals surface area contributed by atoms with Gasteiger partial charge in [0.25, 0.3) is 0 Å². The Bertz CT molecular complexity index is 721. The summed E-state index contributed by atoms with van der Waals surface area (Å²) in [6.07, 6.45) is 2.01. The average molecular weight is 808 g/mol. The first kappa shape index (κ1) is 52.6. The zero-order chi connectivity index (χ0) is 39.5. The van der Waals surface area contributed by atoms with Gasteiger partial charge in [0.15, 0.2) is 0 Å². The molecule has 0 aromatic rings. The summed E-state index contributed by atoms with van der Waals surface area (Å²) in [5.41, 5.74) is 0. The standard InChI is InChI=1S/C42H94O6Si4/c1-13-49(14-2,15-3)33-25-29-45-39(37-43)41(47-31-27-35-51(19-7,20-8)21-9)42(48-32-28-36-52(22-10,23-11)24-12)40(38-44)46-30-26-34-50(16-4,17-5)18-6/h39-44H,13-38H2,1-12H3. The maximum Gasteiger partial charge on any atom is 0.115 e. The Morgan fingerprint density at radius 2 is 0.519 bits per heavy atom. The fourth-order valence-electron chi connectivity index (χ4n) is 9.15. The number of hydrogen-bond acceptors (Lipinski definition) is 6. The highest BCUT2D eigenvalue weighted by molar-refractivity contribution is 6.80. The summed E-state index contributed by atoms with van der Waals surface area (Å²) in [5.74, 6) is 0. The first-order chi connectivity index (χ1) is 25.0. The molecule has 0 saturated heterocycles. The molecule has 0 aliphatic carbocycles. The van der Waals surface area contributed by atoms with Gasteiger partial charge in [-0.3, -0.25) is 0 Å². The Labute approximate surface area is 329 Å². The zero-order valence-corrected chi connectivity index (χ0v) is 41.2. The molecule has 0 rings (SSSR count). The van der Waals surface area contributed by atoms with Crippen LogP contribution in [0.2, 0.25) is 96.7 Å². The van der Waals surface area contributed by atoms with E-state index in [1.54, 1.807) is 0 Å². The van der Waals surface area contributed by atoms with Gasteiger partial charge in [0, 0.05) is 26.4 Å². The minimum absolute atomic E-state index is 0.132. The molecule has 10 heteroatoms. The second-order valence-corrected chi connectivity index (χ2v) is 39.0. The van der Waals surface area contributed by atoms with Gasteiger partial charge in [-0.2, -0.15) is 0 Å². The summed E-state index contributed by atoms with van der Waals surface area (Å²) in [4.78, 5) is 0. The van der Waals surface area contributed by atoms with Crippen molar-refractivity contribution in [2.24, 2.45) is 0 Å². The second-order valence-electron chi connectivity index (χ2n) is 16.5. The Morgan fingerprint density at radius 1 is 0.327 bits per heavy atom. The van der Waals surface area contributed by atoms with E-state index in [9.17, 15) is 10.2 Å². The number of ether oxygens (including phenoxy) is 4. The van der Waals surface area contributed by atoms with Crippen LogP contribution in [-0.2, 0) is 18.9 Å². The molecule has 0 aliphatic heterocycles. The Kier molecular flexibility index (Phi) is 30.2. The van der Waals surface area contributed by atoms with Crippen LogP contribution < -0.4 is 0 Å². The van der Waals surface area contributed by atoms with Crippen molar-refractivity contribution < 1.29 is 29.2 Å².